The molecule has 0 atom stereocenters. The van der Waals surface area contributed by atoms with Crippen LogP contribution in [0.1, 0.15) is 31.7 Å². The van der Waals surface area contributed by atoms with Crippen LogP contribution in [0.2, 0.25) is 0 Å². The smallest absolute Gasteiger partial charge is 0.319 e. The highest BCUT2D eigenvalue weighted by Crippen LogP contribution is 2.17. The number of hydrogen-bond donors (Lipinski definition) is 2. The summed E-state index contributed by atoms with van der Waals surface area (Å²) in [6.07, 6.45) is 0.894. The molecular formula is C20H27N3O. The van der Waals surface area contributed by atoms with E-state index in [0.717, 1.165) is 18.7 Å². The predicted molar refractivity (Wildman–Crippen MR) is 102 cm³/mol. The van der Waals surface area contributed by atoms with Crippen LogP contribution in [0.25, 0.3) is 0 Å². The monoisotopic (exact) mass is 325 g/mol. The number of amides is 2. The molecular weight excluding hydrogens is 298 g/mol. The van der Waals surface area contributed by atoms with Crippen LogP contribution in [0.3, 0.4) is 0 Å². The Morgan fingerprint density at radius 3 is 2.33 bits per heavy atom. The van der Waals surface area contributed by atoms with Crippen LogP contribution in [-0.4, -0.2) is 26.2 Å². The topological polar surface area (TPSA) is 44.4 Å². The molecule has 4 heteroatoms. The minimum Gasteiger partial charge on any atom is -0.375 e. The summed E-state index contributed by atoms with van der Waals surface area (Å²) in [7, 11) is 2.06. The van der Waals surface area contributed by atoms with Gasteiger partial charge in [0.2, 0.25) is 0 Å². The number of para-hydroxylation sites is 1. The van der Waals surface area contributed by atoms with Crippen molar-refractivity contribution in [2.75, 3.05) is 30.4 Å². The number of carbonyl (C=O) groups is 1. The summed E-state index contributed by atoms with van der Waals surface area (Å²) in [6, 6.07) is 18.1. The number of hydrogen-bond acceptors (Lipinski definition) is 2. The van der Waals surface area contributed by atoms with Gasteiger partial charge in [-0.2, -0.15) is 0 Å². The lowest BCUT2D eigenvalue weighted by Gasteiger charge is -2.19. The molecule has 2 rings (SSSR count). The van der Waals surface area contributed by atoms with Crippen molar-refractivity contribution in [3.63, 3.8) is 0 Å². The second-order valence-corrected chi connectivity index (χ2v) is 6.27. The van der Waals surface area contributed by atoms with Crippen LogP contribution in [0.5, 0.6) is 0 Å². The lowest BCUT2D eigenvalue weighted by atomic mass is 10.0. The molecule has 0 bridgehead atoms. The van der Waals surface area contributed by atoms with Crippen molar-refractivity contribution in [1.82, 2.24) is 5.32 Å². The van der Waals surface area contributed by atoms with Crippen molar-refractivity contribution in [3.8, 4) is 0 Å². The fraction of sp³-hybridized carbons (Fsp3) is 0.350. The van der Waals surface area contributed by atoms with Crippen molar-refractivity contribution < 1.29 is 4.79 Å². The lowest BCUT2D eigenvalue weighted by molar-refractivity contribution is 0.252. The summed E-state index contributed by atoms with van der Waals surface area (Å²) in [4.78, 5) is 14.1. The zero-order chi connectivity index (χ0) is 17.4. The van der Waals surface area contributed by atoms with Gasteiger partial charge in [-0.05, 0) is 42.2 Å². The molecule has 0 aliphatic carbocycles. The highest BCUT2D eigenvalue weighted by Gasteiger charge is 2.04. The number of rotatable bonds is 7. The van der Waals surface area contributed by atoms with Crippen molar-refractivity contribution in [2.45, 2.75) is 26.2 Å². The maximum Gasteiger partial charge on any atom is 0.319 e. The average molecular weight is 325 g/mol. The van der Waals surface area contributed by atoms with Gasteiger partial charge in [-0.1, -0.05) is 44.2 Å². The molecule has 2 aromatic rings. The fourth-order valence-electron chi connectivity index (χ4n) is 2.46. The largest absolute Gasteiger partial charge is 0.375 e. The molecule has 2 aromatic carbocycles. The first kappa shape index (κ1) is 17.9. The quantitative estimate of drug-likeness (QED) is 0.738. The summed E-state index contributed by atoms with van der Waals surface area (Å²) in [5.41, 5.74) is 3.27. The van der Waals surface area contributed by atoms with Crippen LogP contribution in [0, 0.1) is 0 Å². The van der Waals surface area contributed by atoms with Gasteiger partial charge >= 0.3 is 6.03 Å². The molecule has 0 aromatic heterocycles. The first-order valence-corrected chi connectivity index (χ1v) is 8.47. The van der Waals surface area contributed by atoms with E-state index < -0.39 is 0 Å². The normalized spacial score (nSPS) is 10.5. The van der Waals surface area contributed by atoms with E-state index in [9.17, 15) is 4.79 Å². The standard InChI is InChI=1S/C20H27N3O/c1-16(2)17-10-12-18(13-11-17)22-20(24)21-14-7-15-23(3)19-8-5-4-6-9-19/h4-6,8-13,16H,7,14-15H2,1-3H3,(H2,21,22,24). The highest BCUT2D eigenvalue weighted by atomic mass is 16.2. The number of benzene rings is 2. The molecule has 128 valence electrons. The third kappa shape index (κ3) is 5.61. The van der Waals surface area contributed by atoms with Crippen molar-refractivity contribution in [2.24, 2.45) is 0 Å². The summed E-state index contributed by atoms with van der Waals surface area (Å²) >= 11 is 0. The van der Waals surface area contributed by atoms with E-state index in [2.05, 4.69) is 60.7 Å². The SMILES string of the molecule is CC(C)c1ccc(NC(=O)NCCCN(C)c2ccccc2)cc1. The zero-order valence-corrected chi connectivity index (χ0v) is 14.8. The number of carbonyl (C=O) groups excluding carboxylic acids is 1. The number of nitrogens with zero attached hydrogens (tertiary/aromatic N) is 1. The molecule has 0 radical (unpaired) electrons. The Morgan fingerprint density at radius 2 is 1.71 bits per heavy atom. The van der Waals surface area contributed by atoms with E-state index in [1.165, 1.54) is 11.3 Å². The van der Waals surface area contributed by atoms with Gasteiger partial charge in [0.15, 0.2) is 0 Å². The van der Waals surface area contributed by atoms with Gasteiger partial charge in [-0.3, -0.25) is 0 Å². The molecule has 2 N–H and O–H groups in total. The molecule has 0 fully saturated rings. The second-order valence-electron chi connectivity index (χ2n) is 6.27. The maximum absolute atomic E-state index is 11.9. The third-order valence-electron chi connectivity index (χ3n) is 3.99. The minimum absolute atomic E-state index is 0.158. The Hall–Kier alpha value is -2.49. The molecule has 0 aliphatic rings. The molecule has 0 saturated heterocycles. The molecule has 0 saturated carbocycles. The Balaban J connectivity index is 1.68. The Bertz CT molecular complexity index is 623. The van der Waals surface area contributed by atoms with Gasteiger partial charge < -0.3 is 15.5 Å². The number of nitrogens with one attached hydrogen (secondary N) is 2. The molecule has 24 heavy (non-hydrogen) atoms. The van der Waals surface area contributed by atoms with E-state index >= 15 is 0 Å². The van der Waals surface area contributed by atoms with E-state index in [4.69, 9.17) is 0 Å². The van der Waals surface area contributed by atoms with Gasteiger partial charge in [-0.25, -0.2) is 4.79 Å². The van der Waals surface area contributed by atoms with Gasteiger partial charge in [0.1, 0.15) is 0 Å². The van der Waals surface area contributed by atoms with Crippen LogP contribution in [-0.2, 0) is 0 Å². The summed E-state index contributed by atoms with van der Waals surface area (Å²) < 4.78 is 0. The Kier molecular flexibility index (Phi) is 6.67. The minimum atomic E-state index is -0.158. The van der Waals surface area contributed by atoms with Crippen LogP contribution >= 0.6 is 0 Å². The van der Waals surface area contributed by atoms with Crippen LogP contribution in [0.15, 0.2) is 54.6 Å². The number of urea groups is 1. The highest BCUT2D eigenvalue weighted by molar-refractivity contribution is 5.89. The molecule has 0 spiro atoms. The first-order valence-electron chi connectivity index (χ1n) is 8.47. The lowest BCUT2D eigenvalue weighted by Crippen LogP contribution is -2.31. The van der Waals surface area contributed by atoms with Crippen LogP contribution in [0.4, 0.5) is 16.2 Å². The molecule has 0 unspecified atom stereocenters. The Labute approximate surface area is 144 Å². The van der Waals surface area contributed by atoms with E-state index in [0.29, 0.717) is 12.5 Å². The van der Waals surface area contributed by atoms with Gasteiger partial charge in [0, 0.05) is 31.5 Å². The molecule has 4 nitrogen and oxygen atoms in total. The Morgan fingerprint density at radius 1 is 1.04 bits per heavy atom. The molecule has 0 aliphatic heterocycles. The summed E-state index contributed by atoms with van der Waals surface area (Å²) in [6.45, 7) is 5.85. The van der Waals surface area contributed by atoms with Crippen molar-refractivity contribution in [3.05, 3.63) is 60.2 Å². The summed E-state index contributed by atoms with van der Waals surface area (Å²) in [5, 5.41) is 5.76. The fourth-order valence-corrected chi connectivity index (χ4v) is 2.46. The van der Waals surface area contributed by atoms with Crippen LogP contribution < -0.4 is 15.5 Å². The van der Waals surface area contributed by atoms with Gasteiger partial charge in [0.05, 0.1) is 0 Å². The zero-order valence-electron chi connectivity index (χ0n) is 14.8. The number of anilines is 2. The molecule has 2 amide bonds. The van der Waals surface area contributed by atoms with E-state index in [1.54, 1.807) is 0 Å². The predicted octanol–water partition coefficient (Wildman–Crippen LogP) is 4.46. The van der Waals surface area contributed by atoms with E-state index in [-0.39, 0.29) is 6.03 Å². The third-order valence-corrected chi connectivity index (χ3v) is 3.99. The van der Waals surface area contributed by atoms with Crippen molar-refractivity contribution in [1.29, 1.82) is 0 Å². The second kappa shape index (κ2) is 8.96. The van der Waals surface area contributed by atoms with Gasteiger partial charge in [-0.15, -0.1) is 0 Å². The maximum atomic E-state index is 11.9. The average Bonchev–Trinajstić information content (AvgIpc) is 2.59. The van der Waals surface area contributed by atoms with Gasteiger partial charge in [0.25, 0.3) is 0 Å². The summed E-state index contributed by atoms with van der Waals surface area (Å²) in [5.74, 6) is 0.495. The van der Waals surface area contributed by atoms with Crippen molar-refractivity contribution >= 4 is 17.4 Å². The molecule has 0 heterocycles. The van der Waals surface area contributed by atoms with E-state index in [1.807, 2.05) is 30.3 Å². The first-order chi connectivity index (χ1) is 11.6.